The summed E-state index contributed by atoms with van der Waals surface area (Å²) in [4.78, 5) is 21.9. The van der Waals surface area contributed by atoms with Gasteiger partial charge in [-0.3, -0.25) is 4.79 Å². The number of unbranched alkanes of at least 4 members (excludes halogenated alkanes) is 2. The van der Waals surface area contributed by atoms with E-state index in [9.17, 15) is 9.59 Å². The monoisotopic (exact) mass is 283 g/mol. The zero-order chi connectivity index (χ0) is 14.6. The molecule has 0 bridgehead atoms. The number of nitrogens with one attached hydrogen (secondary N) is 1. The van der Waals surface area contributed by atoms with Gasteiger partial charge >= 0.3 is 12.1 Å². The number of hydrogen-bond acceptors (Lipinski definition) is 3. The third-order valence-electron chi connectivity index (χ3n) is 3.31. The van der Waals surface area contributed by atoms with Crippen LogP contribution in [-0.2, 0) is 9.53 Å². The van der Waals surface area contributed by atoms with Gasteiger partial charge in [0, 0.05) is 13.0 Å². The number of alkyl carbamates (subject to hydrolysis) is 1. The van der Waals surface area contributed by atoms with Gasteiger partial charge < -0.3 is 15.2 Å². The Hall–Kier alpha value is -1.52. The fourth-order valence-electron chi connectivity index (χ4n) is 2.17. The van der Waals surface area contributed by atoms with E-state index < -0.39 is 5.97 Å². The molecule has 5 heteroatoms. The number of carboxylic acids is 1. The summed E-state index contributed by atoms with van der Waals surface area (Å²) in [5, 5.41) is 11.2. The summed E-state index contributed by atoms with van der Waals surface area (Å²) in [6.07, 6.45) is 11.5. The quantitative estimate of drug-likeness (QED) is 0.555. The van der Waals surface area contributed by atoms with Crippen molar-refractivity contribution in [3.63, 3.8) is 0 Å². The first-order chi connectivity index (χ1) is 9.68. The highest BCUT2D eigenvalue weighted by Gasteiger charge is 2.11. The SMILES string of the molecule is O=C(O)CCCCCNC(=O)OC1/C=C\CCCCC1. The van der Waals surface area contributed by atoms with Gasteiger partial charge in [0.2, 0.25) is 0 Å². The first-order valence-corrected chi connectivity index (χ1v) is 7.51. The van der Waals surface area contributed by atoms with Gasteiger partial charge in [0.1, 0.15) is 6.10 Å². The summed E-state index contributed by atoms with van der Waals surface area (Å²) >= 11 is 0. The van der Waals surface area contributed by atoms with Crippen molar-refractivity contribution >= 4 is 12.1 Å². The van der Waals surface area contributed by atoms with Crippen LogP contribution in [-0.4, -0.2) is 29.8 Å². The average molecular weight is 283 g/mol. The molecular formula is C15H25NO4. The van der Waals surface area contributed by atoms with Crippen LogP contribution >= 0.6 is 0 Å². The molecule has 114 valence electrons. The summed E-state index contributed by atoms with van der Waals surface area (Å²) in [6.45, 7) is 0.537. The third kappa shape index (κ3) is 8.56. The molecule has 20 heavy (non-hydrogen) atoms. The number of carboxylic acid groups (broad SMARTS) is 1. The molecule has 2 N–H and O–H groups in total. The number of amides is 1. The van der Waals surface area contributed by atoms with Crippen LogP contribution in [0.1, 0.15) is 57.8 Å². The van der Waals surface area contributed by atoms with E-state index in [1.54, 1.807) is 0 Å². The second-order valence-electron chi connectivity index (χ2n) is 5.14. The van der Waals surface area contributed by atoms with Crippen LogP contribution in [0.25, 0.3) is 0 Å². The third-order valence-corrected chi connectivity index (χ3v) is 3.31. The van der Waals surface area contributed by atoms with Gasteiger partial charge in [-0.2, -0.15) is 0 Å². The minimum absolute atomic E-state index is 0.109. The molecule has 1 unspecified atom stereocenters. The molecule has 0 aliphatic heterocycles. The van der Waals surface area contributed by atoms with Gasteiger partial charge in [-0.15, -0.1) is 0 Å². The Balaban J connectivity index is 2.07. The normalized spacial score (nSPS) is 20.5. The van der Waals surface area contributed by atoms with Gasteiger partial charge in [-0.1, -0.05) is 18.9 Å². The maximum atomic E-state index is 11.6. The average Bonchev–Trinajstić information content (AvgIpc) is 2.36. The molecule has 0 heterocycles. The van der Waals surface area contributed by atoms with Crippen molar-refractivity contribution in [1.82, 2.24) is 5.32 Å². The van der Waals surface area contributed by atoms with E-state index in [-0.39, 0.29) is 18.6 Å². The van der Waals surface area contributed by atoms with Gasteiger partial charge in [0.05, 0.1) is 0 Å². The maximum Gasteiger partial charge on any atom is 0.407 e. The second-order valence-corrected chi connectivity index (χ2v) is 5.14. The van der Waals surface area contributed by atoms with Gasteiger partial charge in [0.15, 0.2) is 0 Å². The summed E-state index contributed by atoms with van der Waals surface area (Å²) in [5.74, 6) is -0.770. The molecule has 1 aliphatic rings. The van der Waals surface area contributed by atoms with E-state index in [0.29, 0.717) is 13.0 Å². The second kappa shape index (κ2) is 10.3. The van der Waals surface area contributed by atoms with Crippen molar-refractivity contribution in [3.05, 3.63) is 12.2 Å². The Labute approximate surface area is 120 Å². The molecule has 0 fully saturated rings. The molecule has 0 aromatic carbocycles. The Kier molecular flexibility index (Phi) is 8.51. The molecule has 0 saturated carbocycles. The first kappa shape index (κ1) is 16.5. The lowest BCUT2D eigenvalue weighted by Gasteiger charge is -2.16. The van der Waals surface area contributed by atoms with Crippen molar-refractivity contribution in [2.45, 2.75) is 63.9 Å². The van der Waals surface area contributed by atoms with E-state index in [0.717, 1.165) is 32.1 Å². The van der Waals surface area contributed by atoms with Crippen LogP contribution in [0.15, 0.2) is 12.2 Å². The summed E-state index contributed by atoms with van der Waals surface area (Å²) in [7, 11) is 0. The van der Waals surface area contributed by atoms with Crippen LogP contribution in [0.2, 0.25) is 0 Å². The van der Waals surface area contributed by atoms with Crippen molar-refractivity contribution in [3.8, 4) is 0 Å². The Morgan fingerprint density at radius 1 is 1.20 bits per heavy atom. The predicted octanol–water partition coefficient (Wildman–Crippen LogP) is 3.25. The van der Waals surface area contributed by atoms with Crippen molar-refractivity contribution in [2.24, 2.45) is 0 Å². The number of hydrogen-bond donors (Lipinski definition) is 2. The number of allylic oxidation sites excluding steroid dienone is 1. The first-order valence-electron chi connectivity index (χ1n) is 7.51. The largest absolute Gasteiger partial charge is 0.481 e. The lowest BCUT2D eigenvalue weighted by molar-refractivity contribution is -0.137. The standard InChI is InChI=1S/C15H25NO4/c17-14(18)11-7-4-8-12-16-15(19)20-13-9-5-2-1-3-6-10-13/h5,9,13H,1-4,6-8,10-12H2,(H,16,19)(H,17,18)/b9-5-. The van der Waals surface area contributed by atoms with Crippen molar-refractivity contribution in [1.29, 1.82) is 0 Å². The van der Waals surface area contributed by atoms with E-state index in [4.69, 9.17) is 9.84 Å². The molecular weight excluding hydrogens is 258 g/mol. The fraction of sp³-hybridized carbons (Fsp3) is 0.733. The van der Waals surface area contributed by atoms with Gasteiger partial charge in [0.25, 0.3) is 0 Å². The van der Waals surface area contributed by atoms with Crippen LogP contribution in [0, 0.1) is 0 Å². The van der Waals surface area contributed by atoms with Crippen LogP contribution in [0.4, 0.5) is 4.79 Å². The minimum atomic E-state index is -0.770. The van der Waals surface area contributed by atoms with Crippen LogP contribution in [0.5, 0.6) is 0 Å². The lowest BCUT2D eigenvalue weighted by Crippen LogP contribution is -2.29. The van der Waals surface area contributed by atoms with E-state index in [1.807, 2.05) is 6.08 Å². The zero-order valence-corrected chi connectivity index (χ0v) is 12.0. The number of aliphatic carboxylic acids is 1. The van der Waals surface area contributed by atoms with Gasteiger partial charge in [-0.05, 0) is 44.6 Å². The molecule has 0 radical (unpaired) electrons. The molecule has 1 atom stereocenters. The van der Waals surface area contributed by atoms with E-state index in [2.05, 4.69) is 11.4 Å². The summed E-state index contributed by atoms with van der Waals surface area (Å²) in [6, 6.07) is 0. The van der Waals surface area contributed by atoms with Crippen molar-refractivity contribution < 1.29 is 19.4 Å². The number of carbonyl (C=O) groups excluding carboxylic acids is 1. The topological polar surface area (TPSA) is 75.6 Å². The smallest absolute Gasteiger partial charge is 0.407 e. The molecule has 0 spiro atoms. The Morgan fingerprint density at radius 3 is 2.85 bits per heavy atom. The number of ether oxygens (including phenoxy) is 1. The Morgan fingerprint density at radius 2 is 2.05 bits per heavy atom. The van der Waals surface area contributed by atoms with Crippen LogP contribution in [0.3, 0.4) is 0 Å². The maximum absolute atomic E-state index is 11.6. The molecule has 0 aromatic heterocycles. The van der Waals surface area contributed by atoms with Gasteiger partial charge in [-0.25, -0.2) is 4.79 Å². The molecule has 5 nitrogen and oxygen atoms in total. The van der Waals surface area contributed by atoms with E-state index >= 15 is 0 Å². The summed E-state index contributed by atoms with van der Waals surface area (Å²) in [5.41, 5.74) is 0. The van der Waals surface area contributed by atoms with Crippen LogP contribution < -0.4 is 5.32 Å². The fourth-order valence-corrected chi connectivity index (χ4v) is 2.17. The lowest BCUT2D eigenvalue weighted by atomic mass is 10.0. The number of rotatable bonds is 7. The summed E-state index contributed by atoms with van der Waals surface area (Å²) < 4.78 is 5.34. The van der Waals surface area contributed by atoms with Crippen molar-refractivity contribution in [2.75, 3.05) is 6.54 Å². The minimum Gasteiger partial charge on any atom is -0.481 e. The predicted molar refractivity (Wildman–Crippen MR) is 76.6 cm³/mol. The molecule has 0 saturated heterocycles. The molecule has 1 aliphatic carbocycles. The highest BCUT2D eigenvalue weighted by molar-refractivity contribution is 5.67. The highest BCUT2D eigenvalue weighted by atomic mass is 16.6. The van der Waals surface area contributed by atoms with E-state index in [1.165, 1.54) is 12.8 Å². The number of carbonyl (C=O) groups is 2. The molecule has 0 aromatic rings. The highest BCUT2D eigenvalue weighted by Crippen LogP contribution is 2.14. The molecule has 1 amide bonds. The molecule has 1 rings (SSSR count). The Bertz CT molecular complexity index is 328. The zero-order valence-electron chi connectivity index (χ0n) is 12.0.